The van der Waals surface area contributed by atoms with E-state index in [2.05, 4.69) is 10.3 Å². The van der Waals surface area contributed by atoms with Crippen molar-refractivity contribution in [2.24, 2.45) is 0 Å². The summed E-state index contributed by atoms with van der Waals surface area (Å²) in [5, 5.41) is 4.19. The number of hydrogen-bond acceptors (Lipinski definition) is 5. The third-order valence-corrected chi connectivity index (χ3v) is 3.83. The Hall–Kier alpha value is -0.420. The monoisotopic (exact) mass is 476 g/mol. The summed E-state index contributed by atoms with van der Waals surface area (Å²) in [6.07, 6.45) is 3.22. The standard InChI is InChI=1S/C17H15ClN2O3.2Na.H3O4P.2H/c1-10(21)20-15(14-6-4-8-23-14)12-9-13(18)11-5-3-7-19-16(11)17(12)22-2;;;1-5(2,3)4;;/h3-9,15H,1-2H3,(H,20,21);;;(H3,1,2,3,4);;. The van der Waals surface area contributed by atoms with E-state index >= 15 is 0 Å². The molecular formula is C17H20ClN2Na2O7P. The summed E-state index contributed by atoms with van der Waals surface area (Å²) in [4.78, 5) is 37.6. The fourth-order valence-corrected chi connectivity index (χ4v) is 2.86. The van der Waals surface area contributed by atoms with Gasteiger partial charge in [-0.3, -0.25) is 9.78 Å². The van der Waals surface area contributed by atoms with Gasteiger partial charge in [0.1, 0.15) is 17.3 Å². The van der Waals surface area contributed by atoms with E-state index in [0.29, 0.717) is 27.6 Å². The number of carbonyl (C=O) groups is 1. The van der Waals surface area contributed by atoms with E-state index in [9.17, 15) is 4.79 Å². The Kier molecular flexibility index (Phi) is 13.0. The van der Waals surface area contributed by atoms with E-state index in [-0.39, 0.29) is 65.0 Å². The first kappa shape index (κ1) is 29.6. The molecule has 0 fully saturated rings. The third-order valence-electron chi connectivity index (χ3n) is 3.51. The van der Waals surface area contributed by atoms with E-state index in [0.717, 1.165) is 5.39 Å². The van der Waals surface area contributed by atoms with Gasteiger partial charge in [-0.25, -0.2) is 4.57 Å². The molecule has 3 rings (SSSR count). The van der Waals surface area contributed by atoms with Crippen molar-refractivity contribution in [3.05, 3.63) is 59.1 Å². The Morgan fingerprint density at radius 1 is 1.27 bits per heavy atom. The van der Waals surface area contributed by atoms with Crippen molar-refractivity contribution in [3.63, 3.8) is 0 Å². The number of nitrogens with zero attached hydrogens (tertiary/aromatic N) is 1. The molecule has 0 aliphatic rings. The quantitative estimate of drug-likeness (QED) is 0.328. The molecule has 0 bridgehead atoms. The van der Waals surface area contributed by atoms with Gasteiger partial charge >= 0.3 is 66.9 Å². The maximum atomic E-state index is 11.6. The molecule has 13 heteroatoms. The van der Waals surface area contributed by atoms with Crippen LogP contribution < -0.4 is 10.1 Å². The Morgan fingerprint density at radius 2 is 1.90 bits per heavy atom. The molecule has 1 atom stereocenters. The van der Waals surface area contributed by atoms with Gasteiger partial charge in [-0.1, -0.05) is 11.6 Å². The SMILES string of the molecule is COc1c(C(NC(C)=O)c2ccco2)cc(Cl)c2cccnc12.O=P(O)(O)O.[NaH].[NaH]. The number of phosphoric acid groups is 1. The van der Waals surface area contributed by atoms with Gasteiger partial charge in [0.25, 0.3) is 0 Å². The Balaban J connectivity index is 0.00000108. The molecule has 1 aromatic carbocycles. The molecule has 9 nitrogen and oxygen atoms in total. The number of aromatic nitrogens is 1. The molecule has 3 aromatic rings. The summed E-state index contributed by atoms with van der Waals surface area (Å²) in [7, 11) is -3.08. The summed E-state index contributed by atoms with van der Waals surface area (Å²) in [6.45, 7) is 1.45. The van der Waals surface area contributed by atoms with Crippen LogP contribution in [0.4, 0.5) is 0 Å². The van der Waals surface area contributed by atoms with Crippen LogP contribution >= 0.6 is 19.4 Å². The van der Waals surface area contributed by atoms with Crippen molar-refractivity contribution in [1.82, 2.24) is 10.3 Å². The van der Waals surface area contributed by atoms with E-state index in [1.54, 1.807) is 37.8 Å². The zero-order valence-corrected chi connectivity index (χ0v) is 16.5. The minimum atomic E-state index is -4.64. The van der Waals surface area contributed by atoms with Crippen molar-refractivity contribution in [2.75, 3.05) is 7.11 Å². The van der Waals surface area contributed by atoms with Crippen molar-refractivity contribution >= 4 is 95.3 Å². The topological polar surface area (TPSA) is 142 Å². The van der Waals surface area contributed by atoms with Gasteiger partial charge in [-0.2, -0.15) is 0 Å². The van der Waals surface area contributed by atoms with Crippen molar-refractivity contribution < 1.29 is 33.2 Å². The first-order valence-corrected chi connectivity index (χ1v) is 9.76. The summed E-state index contributed by atoms with van der Waals surface area (Å²) in [5.41, 5.74) is 1.33. The predicted octanol–water partition coefficient (Wildman–Crippen LogP) is 1.49. The number of rotatable bonds is 4. The molecule has 0 radical (unpaired) electrons. The number of furan rings is 1. The van der Waals surface area contributed by atoms with Gasteiger partial charge < -0.3 is 29.2 Å². The predicted molar refractivity (Wildman–Crippen MR) is 116 cm³/mol. The second-order valence-corrected chi connectivity index (χ2v) is 6.98. The summed E-state index contributed by atoms with van der Waals surface area (Å²) < 4.78 is 19.9. The molecular weight excluding hydrogens is 457 g/mol. The number of ether oxygens (including phenoxy) is 1. The van der Waals surface area contributed by atoms with Crippen molar-refractivity contribution in [1.29, 1.82) is 0 Å². The molecule has 2 aromatic heterocycles. The van der Waals surface area contributed by atoms with Crippen LogP contribution in [0.5, 0.6) is 5.75 Å². The first-order valence-electron chi connectivity index (χ1n) is 7.81. The van der Waals surface area contributed by atoms with Crippen LogP contribution in [0.25, 0.3) is 10.9 Å². The third kappa shape index (κ3) is 8.61. The Morgan fingerprint density at radius 3 is 2.40 bits per heavy atom. The molecule has 0 saturated carbocycles. The zero-order chi connectivity index (χ0) is 20.9. The van der Waals surface area contributed by atoms with Crippen molar-refractivity contribution in [2.45, 2.75) is 13.0 Å². The number of hydrogen-bond donors (Lipinski definition) is 4. The number of amides is 1. The number of fused-ring (bicyclic) bond motifs is 1. The van der Waals surface area contributed by atoms with E-state index in [1.807, 2.05) is 12.1 Å². The summed E-state index contributed by atoms with van der Waals surface area (Å²) in [5.74, 6) is 0.954. The zero-order valence-electron chi connectivity index (χ0n) is 14.9. The number of benzene rings is 1. The number of nitrogens with one attached hydrogen (secondary N) is 1. The van der Waals surface area contributed by atoms with Gasteiger partial charge in [0.05, 0.1) is 18.4 Å². The van der Waals surface area contributed by atoms with Gasteiger partial charge in [-0.15, -0.1) is 0 Å². The van der Waals surface area contributed by atoms with Crippen LogP contribution in [-0.4, -0.2) is 91.8 Å². The molecule has 2 heterocycles. The van der Waals surface area contributed by atoms with Gasteiger partial charge in [-0.05, 0) is 30.3 Å². The van der Waals surface area contributed by atoms with Crippen LogP contribution in [0, 0.1) is 0 Å². The molecule has 0 aliphatic carbocycles. The number of carbonyl (C=O) groups excluding carboxylic acids is 1. The second kappa shape index (κ2) is 13.2. The van der Waals surface area contributed by atoms with Crippen LogP contribution in [0.1, 0.15) is 24.3 Å². The molecule has 154 valence electrons. The average Bonchev–Trinajstić information content (AvgIpc) is 3.12. The summed E-state index contributed by atoms with van der Waals surface area (Å²) >= 11 is 6.39. The Bertz CT molecular complexity index is 1010. The number of halogens is 1. The minimum absolute atomic E-state index is 0. The van der Waals surface area contributed by atoms with Gasteiger partial charge in [0.15, 0.2) is 5.75 Å². The van der Waals surface area contributed by atoms with E-state index in [4.69, 9.17) is 40.0 Å². The normalized spacial score (nSPS) is 11.3. The molecule has 1 amide bonds. The van der Waals surface area contributed by atoms with Crippen molar-refractivity contribution in [3.8, 4) is 5.75 Å². The van der Waals surface area contributed by atoms with Gasteiger partial charge in [0.2, 0.25) is 5.91 Å². The Labute approximate surface area is 222 Å². The molecule has 30 heavy (non-hydrogen) atoms. The average molecular weight is 477 g/mol. The fourth-order valence-electron chi connectivity index (χ4n) is 2.59. The van der Waals surface area contributed by atoms with Gasteiger partial charge in [0, 0.05) is 24.1 Å². The molecule has 1 unspecified atom stereocenters. The van der Waals surface area contributed by atoms with E-state index < -0.39 is 13.9 Å². The molecule has 0 spiro atoms. The van der Waals surface area contributed by atoms with Crippen LogP contribution in [0.15, 0.2) is 47.2 Å². The molecule has 0 saturated heterocycles. The van der Waals surface area contributed by atoms with Crippen LogP contribution in [-0.2, 0) is 9.36 Å². The first-order chi connectivity index (χ1) is 13.1. The van der Waals surface area contributed by atoms with Crippen LogP contribution in [0.3, 0.4) is 0 Å². The number of methoxy groups -OCH3 is 1. The molecule has 4 N–H and O–H groups in total. The molecule has 0 aliphatic heterocycles. The number of pyridine rings is 1. The summed E-state index contributed by atoms with van der Waals surface area (Å²) in [6, 6.07) is 8.49. The second-order valence-electron chi connectivity index (χ2n) is 5.54. The van der Waals surface area contributed by atoms with Crippen LogP contribution in [0.2, 0.25) is 5.02 Å². The fraction of sp³-hybridized carbons (Fsp3) is 0.176. The van der Waals surface area contributed by atoms with E-state index in [1.165, 1.54) is 6.92 Å². The maximum absolute atomic E-state index is 11.6.